The molecule has 0 saturated carbocycles. The highest BCUT2D eigenvalue weighted by Crippen LogP contribution is 2.32. The number of carboxylic acid groups (broad SMARTS) is 1. The summed E-state index contributed by atoms with van der Waals surface area (Å²) in [5.74, 6) is -3.10. The number of alkyl halides is 3. The Kier molecular flexibility index (Phi) is 5.35. The Bertz CT molecular complexity index is 579. The van der Waals surface area contributed by atoms with Gasteiger partial charge < -0.3 is 10.2 Å². The van der Waals surface area contributed by atoms with Gasteiger partial charge >= 0.3 is 12.1 Å². The van der Waals surface area contributed by atoms with Gasteiger partial charge in [-0.15, -0.1) is 0 Å². The predicted octanol–water partition coefficient (Wildman–Crippen LogP) is 3.72. The van der Waals surface area contributed by atoms with E-state index >= 15 is 0 Å². The van der Waals surface area contributed by atoms with E-state index in [-0.39, 0.29) is 5.56 Å². The van der Waals surface area contributed by atoms with Gasteiger partial charge in [-0.25, -0.2) is 4.39 Å². The first-order valence-corrected chi connectivity index (χ1v) is 6.46. The zero-order valence-corrected chi connectivity index (χ0v) is 12.0. The Morgan fingerprint density at radius 2 is 1.91 bits per heavy atom. The van der Waals surface area contributed by atoms with Gasteiger partial charge in [-0.05, 0) is 23.6 Å². The molecular weight excluding hydrogens is 304 g/mol. The highest BCUT2D eigenvalue weighted by atomic mass is 19.4. The molecule has 0 radical (unpaired) electrons. The first kappa shape index (κ1) is 18.2. The van der Waals surface area contributed by atoms with Crippen molar-refractivity contribution in [1.29, 1.82) is 0 Å². The molecule has 0 spiro atoms. The Morgan fingerprint density at radius 3 is 2.36 bits per heavy atom. The van der Waals surface area contributed by atoms with E-state index in [1.54, 1.807) is 13.8 Å². The Hall–Kier alpha value is -1.89. The van der Waals surface area contributed by atoms with Gasteiger partial charge in [0.2, 0.25) is 0 Å². The molecule has 2 N–H and O–H groups in total. The quantitative estimate of drug-likeness (QED) is 0.813. The fraction of sp³-hybridized carbons (Fsp3) is 0.400. The highest BCUT2D eigenvalue weighted by Gasteiger charge is 2.34. The van der Waals surface area contributed by atoms with Gasteiger partial charge in [-0.3, -0.25) is 4.79 Å². The normalized spacial score (nSPS) is 15.3. The second-order valence-corrected chi connectivity index (χ2v) is 5.29. The molecule has 0 fully saturated rings. The van der Waals surface area contributed by atoms with E-state index in [0.717, 1.165) is 18.2 Å². The summed E-state index contributed by atoms with van der Waals surface area (Å²) in [6.07, 6.45) is -3.14. The highest BCUT2D eigenvalue weighted by molar-refractivity contribution is 5.69. The SMILES string of the molecule is CC(C)C(O)(/C=C/c1ccc(F)c(C(F)(F)F)c1)CC(=O)O. The Labute approximate surface area is 124 Å². The summed E-state index contributed by atoms with van der Waals surface area (Å²) < 4.78 is 51.0. The van der Waals surface area contributed by atoms with Gasteiger partial charge in [-0.1, -0.05) is 32.1 Å². The van der Waals surface area contributed by atoms with Gasteiger partial charge in [-0.2, -0.15) is 13.2 Å². The van der Waals surface area contributed by atoms with Crippen molar-refractivity contribution in [3.8, 4) is 0 Å². The third-order valence-corrected chi connectivity index (χ3v) is 3.29. The summed E-state index contributed by atoms with van der Waals surface area (Å²) in [6.45, 7) is 3.16. The topological polar surface area (TPSA) is 57.5 Å². The van der Waals surface area contributed by atoms with Crippen molar-refractivity contribution in [2.75, 3.05) is 0 Å². The summed E-state index contributed by atoms with van der Waals surface area (Å²) >= 11 is 0. The smallest absolute Gasteiger partial charge is 0.419 e. The molecule has 0 heterocycles. The number of hydrogen-bond acceptors (Lipinski definition) is 2. The van der Waals surface area contributed by atoms with Crippen LogP contribution in [0.4, 0.5) is 17.6 Å². The monoisotopic (exact) mass is 320 g/mol. The van der Waals surface area contributed by atoms with Crippen molar-refractivity contribution < 1.29 is 32.6 Å². The second-order valence-electron chi connectivity index (χ2n) is 5.29. The molecule has 0 aliphatic heterocycles. The number of benzene rings is 1. The fourth-order valence-electron chi connectivity index (χ4n) is 1.80. The van der Waals surface area contributed by atoms with E-state index in [4.69, 9.17) is 5.11 Å². The molecular formula is C15H16F4O3. The van der Waals surface area contributed by atoms with Crippen LogP contribution in [0.2, 0.25) is 0 Å². The number of rotatable bonds is 5. The van der Waals surface area contributed by atoms with E-state index in [0.29, 0.717) is 12.1 Å². The van der Waals surface area contributed by atoms with Crippen LogP contribution in [0.15, 0.2) is 24.3 Å². The first-order chi connectivity index (χ1) is 9.95. The van der Waals surface area contributed by atoms with Crippen LogP contribution in [0.25, 0.3) is 6.08 Å². The summed E-state index contributed by atoms with van der Waals surface area (Å²) in [6, 6.07) is 2.39. The first-order valence-electron chi connectivity index (χ1n) is 6.46. The molecule has 1 rings (SSSR count). The van der Waals surface area contributed by atoms with E-state index in [2.05, 4.69) is 0 Å². The van der Waals surface area contributed by atoms with Crippen molar-refractivity contribution in [2.45, 2.75) is 32.0 Å². The largest absolute Gasteiger partial charge is 0.481 e. The summed E-state index contributed by atoms with van der Waals surface area (Å²) in [5, 5.41) is 19.0. The summed E-state index contributed by atoms with van der Waals surface area (Å²) in [7, 11) is 0. The summed E-state index contributed by atoms with van der Waals surface area (Å²) in [4.78, 5) is 10.8. The van der Waals surface area contributed by atoms with Crippen LogP contribution in [-0.2, 0) is 11.0 Å². The maximum atomic E-state index is 13.2. The minimum absolute atomic E-state index is 0.0122. The van der Waals surface area contributed by atoms with E-state index in [1.165, 1.54) is 0 Å². The minimum atomic E-state index is -4.83. The molecule has 0 aliphatic rings. The molecule has 1 atom stereocenters. The third kappa shape index (κ3) is 4.56. The molecule has 7 heteroatoms. The number of hydrogen-bond donors (Lipinski definition) is 2. The lowest BCUT2D eigenvalue weighted by Crippen LogP contribution is -2.35. The number of aliphatic hydroxyl groups is 1. The Balaban J connectivity index is 3.14. The second kappa shape index (κ2) is 6.48. The van der Waals surface area contributed by atoms with Crippen LogP contribution in [0.1, 0.15) is 31.4 Å². The maximum Gasteiger partial charge on any atom is 0.419 e. The van der Waals surface area contributed by atoms with Gasteiger partial charge in [0.25, 0.3) is 0 Å². The standard InChI is InChI=1S/C15H16F4O3/c1-9(2)14(22,8-13(20)21)6-5-10-3-4-12(16)11(7-10)15(17,18)19/h3-7,9,22H,8H2,1-2H3,(H,20,21)/b6-5+. The Morgan fingerprint density at radius 1 is 1.32 bits per heavy atom. The van der Waals surface area contributed by atoms with Crippen LogP contribution in [0.3, 0.4) is 0 Å². The number of halogens is 4. The van der Waals surface area contributed by atoms with Crippen molar-refractivity contribution in [3.05, 3.63) is 41.2 Å². The van der Waals surface area contributed by atoms with E-state index in [1.807, 2.05) is 0 Å². The number of carbonyl (C=O) groups is 1. The lowest BCUT2D eigenvalue weighted by atomic mass is 9.86. The molecule has 1 unspecified atom stereocenters. The molecule has 22 heavy (non-hydrogen) atoms. The van der Waals surface area contributed by atoms with Crippen LogP contribution in [-0.4, -0.2) is 21.8 Å². The summed E-state index contributed by atoms with van der Waals surface area (Å²) in [5.41, 5.74) is -3.11. The minimum Gasteiger partial charge on any atom is -0.481 e. The van der Waals surface area contributed by atoms with E-state index in [9.17, 15) is 27.5 Å². The molecule has 0 aromatic heterocycles. The maximum absolute atomic E-state index is 13.2. The fourth-order valence-corrected chi connectivity index (χ4v) is 1.80. The van der Waals surface area contributed by atoms with Gasteiger partial charge in [0.15, 0.2) is 0 Å². The van der Waals surface area contributed by atoms with Gasteiger partial charge in [0.05, 0.1) is 17.6 Å². The molecule has 0 bridgehead atoms. The average Bonchev–Trinajstić information content (AvgIpc) is 2.35. The average molecular weight is 320 g/mol. The van der Waals surface area contributed by atoms with Crippen LogP contribution in [0.5, 0.6) is 0 Å². The van der Waals surface area contributed by atoms with Crippen molar-refractivity contribution in [2.24, 2.45) is 5.92 Å². The predicted molar refractivity (Wildman–Crippen MR) is 72.5 cm³/mol. The molecule has 1 aromatic rings. The van der Waals surface area contributed by atoms with Crippen molar-refractivity contribution in [1.82, 2.24) is 0 Å². The lowest BCUT2D eigenvalue weighted by molar-refractivity contribution is -0.142. The van der Waals surface area contributed by atoms with Gasteiger partial charge in [0.1, 0.15) is 5.82 Å². The zero-order chi connectivity index (χ0) is 17.1. The van der Waals surface area contributed by atoms with Gasteiger partial charge in [0, 0.05) is 0 Å². The molecule has 3 nitrogen and oxygen atoms in total. The van der Waals surface area contributed by atoms with E-state index < -0.39 is 41.5 Å². The van der Waals surface area contributed by atoms with Crippen LogP contribution >= 0.6 is 0 Å². The lowest BCUT2D eigenvalue weighted by Gasteiger charge is -2.27. The van der Waals surface area contributed by atoms with Crippen molar-refractivity contribution in [3.63, 3.8) is 0 Å². The molecule has 1 aromatic carbocycles. The third-order valence-electron chi connectivity index (χ3n) is 3.29. The van der Waals surface area contributed by atoms with Crippen molar-refractivity contribution >= 4 is 12.0 Å². The molecule has 0 amide bonds. The molecule has 0 aliphatic carbocycles. The number of carboxylic acids is 1. The molecule has 122 valence electrons. The van der Waals surface area contributed by atoms with Crippen LogP contribution < -0.4 is 0 Å². The van der Waals surface area contributed by atoms with Crippen LogP contribution in [0, 0.1) is 11.7 Å². The number of aliphatic carboxylic acids is 1. The zero-order valence-electron chi connectivity index (χ0n) is 12.0. The molecule has 0 saturated heterocycles.